The highest BCUT2D eigenvalue weighted by Gasteiger charge is 2.41. The van der Waals surface area contributed by atoms with E-state index in [0.717, 1.165) is 41.5 Å². The molecule has 114 valence electrons. The first-order valence-electron chi connectivity index (χ1n) is 7.47. The van der Waals surface area contributed by atoms with E-state index in [9.17, 15) is 0 Å². The van der Waals surface area contributed by atoms with Crippen LogP contribution in [0.3, 0.4) is 0 Å². The van der Waals surface area contributed by atoms with Crippen LogP contribution in [0.25, 0.3) is 10.8 Å². The molecule has 21 heavy (non-hydrogen) atoms. The van der Waals surface area contributed by atoms with Crippen LogP contribution in [0.4, 0.5) is 5.00 Å². The average Bonchev–Trinajstić information content (AvgIpc) is 3.11. The van der Waals surface area contributed by atoms with E-state index in [1.807, 2.05) is 19.1 Å². The van der Waals surface area contributed by atoms with Crippen molar-refractivity contribution < 1.29 is 9.26 Å². The van der Waals surface area contributed by atoms with Crippen LogP contribution in [0, 0.1) is 5.92 Å². The van der Waals surface area contributed by atoms with Crippen molar-refractivity contribution in [2.75, 3.05) is 12.3 Å². The molecule has 1 aliphatic carbocycles. The SMILES string of the molecule is CCOC1(c2noc(-c3ccc(N)s3)n2)CCC(C)CC1. The molecule has 2 heterocycles. The van der Waals surface area contributed by atoms with Crippen LogP contribution in [0.2, 0.25) is 0 Å². The average molecular weight is 307 g/mol. The summed E-state index contributed by atoms with van der Waals surface area (Å²) >= 11 is 1.45. The van der Waals surface area contributed by atoms with Gasteiger partial charge in [0.05, 0.1) is 9.88 Å². The van der Waals surface area contributed by atoms with Gasteiger partial charge >= 0.3 is 0 Å². The van der Waals surface area contributed by atoms with E-state index in [4.69, 9.17) is 15.0 Å². The molecule has 1 aliphatic rings. The third kappa shape index (κ3) is 2.82. The number of hydrogen-bond donors (Lipinski definition) is 1. The van der Waals surface area contributed by atoms with Crippen LogP contribution in [0.15, 0.2) is 16.7 Å². The van der Waals surface area contributed by atoms with Gasteiger partial charge < -0.3 is 15.0 Å². The molecule has 0 spiro atoms. The number of nitrogens with two attached hydrogens (primary N) is 1. The largest absolute Gasteiger partial charge is 0.391 e. The first-order chi connectivity index (χ1) is 10.1. The lowest BCUT2D eigenvalue weighted by molar-refractivity contribution is -0.0847. The fraction of sp³-hybridized carbons (Fsp3) is 0.600. The lowest BCUT2D eigenvalue weighted by Gasteiger charge is -2.36. The Morgan fingerprint density at radius 2 is 2.19 bits per heavy atom. The molecule has 2 N–H and O–H groups in total. The van der Waals surface area contributed by atoms with Crippen LogP contribution >= 0.6 is 11.3 Å². The number of rotatable bonds is 4. The molecule has 5 nitrogen and oxygen atoms in total. The van der Waals surface area contributed by atoms with Crippen molar-refractivity contribution in [3.8, 4) is 10.8 Å². The van der Waals surface area contributed by atoms with Gasteiger partial charge in [-0.25, -0.2) is 0 Å². The number of nitrogen functional groups attached to an aromatic ring is 1. The van der Waals surface area contributed by atoms with Gasteiger partial charge in [-0.2, -0.15) is 4.98 Å². The fourth-order valence-corrected chi connectivity index (χ4v) is 3.61. The Bertz CT molecular complexity index is 600. The van der Waals surface area contributed by atoms with E-state index in [-0.39, 0.29) is 5.60 Å². The van der Waals surface area contributed by atoms with Crippen molar-refractivity contribution in [3.63, 3.8) is 0 Å². The summed E-state index contributed by atoms with van der Waals surface area (Å²) in [6.45, 7) is 4.96. The van der Waals surface area contributed by atoms with Gasteiger partial charge in [-0.05, 0) is 50.7 Å². The number of aromatic nitrogens is 2. The summed E-state index contributed by atoms with van der Waals surface area (Å²) in [4.78, 5) is 5.49. The number of thiophene rings is 1. The van der Waals surface area contributed by atoms with E-state index >= 15 is 0 Å². The van der Waals surface area contributed by atoms with Crippen LogP contribution in [0.5, 0.6) is 0 Å². The fourth-order valence-electron chi connectivity index (χ4n) is 2.91. The van der Waals surface area contributed by atoms with Gasteiger partial charge in [0.1, 0.15) is 5.60 Å². The van der Waals surface area contributed by atoms with Gasteiger partial charge in [0.2, 0.25) is 5.82 Å². The second-order valence-corrected chi connectivity index (χ2v) is 6.85. The van der Waals surface area contributed by atoms with Crippen LogP contribution in [-0.4, -0.2) is 16.7 Å². The van der Waals surface area contributed by atoms with Gasteiger partial charge in [0.25, 0.3) is 5.89 Å². The molecule has 0 aliphatic heterocycles. The van der Waals surface area contributed by atoms with Gasteiger partial charge in [0.15, 0.2) is 0 Å². The highest BCUT2D eigenvalue weighted by Crippen LogP contribution is 2.42. The van der Waals surface area contributed by atoms with Crippen LogP contribution in [0.1, 0.15) is 45.4 Å². The molecular weight excluding hydrogens is 286 g/mol. The molecule has 2 aromatic heterocycles. The minimum Gasteiger partial charge on any atom is -0.391 e. The van der Waals surface area contributed by atoms with E-state index in [0.29, 0.717) is 18.3 Å². The first kappa shape index (κ1) is 14.5. The van der Waals surface area contributed by atoms with Gasteiger partial charge in [-0.1, -0.05) is 12.1 Å². The first-order valence-corrected chi connectivity index (χ1v) is 8.28. The third-order valence-electron chi connectivity index (χ3n) is 4.17. The molecule has 1 fully saturated rings. The van der Waals surface area contributed by atoms with Gasteiger partial charge in [0, 0.05) is 6.61 Å². The smallest absolute Gasteiger partial charge is 0.268 e. The summed E-state index contributed by atoms with van der Waals surface area (Å²) in [5.41, 5.74) is 5.38. The molecule has 0 aromatic carbocycles. The Hall–Kier alpha value is -1.40. The zero-order valence-electron chi connectivity index (χ0n) is 12.5. The maximum atomic E-state index is 6.05. The lowest BCUT2D eigenvalue weighted by atomic mass is 9.79. The third-order valence-corrected chi connectivity index (χ3v) is 5.08. The Labute approximate surface area is 128 Å². The monoisotopic (exact) mass is 307 g/mol. The Balaban J connectivity index is 1.88. The van der Waals surface area contributed by atoms with E-state index < -0.39 is 0 Å². The number of nitrogens with zero attached hydrogens (tertiary/aromatic N) is 2. The van der Waals surface area contributed by atoms with E-state index in [2.05, 4.69) is 17.1 Å². The Kier molecular flexibility index (Phi) is 3.99. The summed E-state index contributed by atoms with van der Waals surface area (Å²) in [5, 5.41) is 4.94. The molecule has 0 saturated heterocycles. The Morgan fingerprint density at radius 1 is 1.43 bits per heavy atom. The maximum absolute atomic E-state index is 6.05. The quantitative estimate of drug-likeness (QED) is 0.929. The highest BCUT2D eigenvalue weighted by atomic mass is 32.1. The predicted octanol–water partition coefficient (Wildman–Crippen LogP) is 3.82. The van der Waals surface area contributed by atoms with Crippen molar-refractivity contribution in [1.82, 2.24) is 10.1 Å². The molecule has 0 unspecified atom stereocenters. The van der Waals surface area contributed by atoms with Crippen molar-refractivity contribution in [1.29, 1.82) is 0 Å². The molecule has 1 saturated carbocycles. The summed E-state index contributed by atoms with van der Waals surface area (Å²) in [6.07, 6.45) is 4.17. The molecular formula is C15H21N3O2S. The maximum Gasteiger partial charge on any atom is 0.268 e. The zero-order chi connectivity index (χ0) is 14.9. The topological polar surface area (TPSA) is 74.2 Å². The molecule has 0 amide bonds. The summed E-state index contributed by atoms with van der Waals surface area (Å²) in [6, 6.07) is 3.76. The lowest BCUT2D eigenvalue weighted by Crippen LogP contribution is -2.35. The zero-order valence-corrected chi connectivity index (χ0v) is 13.3. The Morgan fingerprint density at radius 3 is 2.81 bits per heavy atom. The van der Waals surface area contributed by atoms with E-state index in [1.54, 1.807) is 0 Å². The van der Waals surface area contributed by atoms with Crippen molar-refractivity contribution in [2.24, 2.45) is 5.92 Å². The predicted molar refractivity (Wildman–Crippen MR) is 83.0 cm³/mol. The number of anilines is 1. The molecule has 6 heteroatoms. The molecule has 0 bridgehead atoms. The molecule has 0 atom stereocenters. The second-order valence-electron chi connectivity index (χ2n) is 5.73. The van der Waals surface area contributed by atoms with Gasteiger partial charge in [-0.15, -0.1) is 11.3 Å². The standard InChI is InChI=1S/C15H21N3O2S/c1-3-19-15(8-6-10(2)7-9-15)14-17-13(20-18-14)11-4-5-12(16)21-11/h4-5,10H,3,6-9,16H2,1-2H3. The number of ether oxygens (including phenoxy) is 1. The molecule has 3 rings (SSSR count). The summed E-state index contributed by atoms with van der Waals surface area (Å²) < 4.78 is 11.5. The van der Waals surface area contributed by atoms with Crippen LogP contribution in [-0.2, 0) is 10.3 Å². The molecule has 0 radical (unpaired) electrons. The minimum atomic E-state index is -0.383. The minimum absolute atomic E-state index is 0.383. The highest BCUT2D eigenvalue weighted by molar-refractivity contribution is 7.19. The van der Waals surface area contributed by atoms with Crippen molar-refractivity contribution in [3.05, 3.63) is 18.0 Å². The number of hydrogen-bond acceptors (Lipinski definition) is 6. The van der Waals surface area contributed by atoms with Gasteiger partial charge in [-0.3, -0.25) is 0 Å². The summed E-state index contributed by atoms with van der Waals surface area (Å²) in [7, 11) is 0. The van der Waals surface area contributed by atoms with Crippen LogP contribution < -0.4 is 5.73 Å². The second kappa shape index (κ2) is 5.77. The normalized spacial score (nSPS) is 26.1. The molecule has 2 aromatic rings. The van der Waals surface area contributed by atoms with Crippen molar-refractivity contribution >= 4 is 16.3 Å². The summed E-state index contributed by atoms with van der Waals surface area (Å²) in [5.74, 6) is 1.95. The van der Waals surface area contributed by atoms with Crippen molar-refractivity contribution in [2.45, 2.75) is 45.1 Å². The van der Waals surface area contributed by atoms with E-state index in [1.165, 1.54) is 11.3 Å².